The normalized spacial score (nSPS) is 17.5. The molecular formula is C27H12F40O2. The van der Waals surface area contributed by atoms with Crippen LogP contribution in [0.5, 0.6) is 0 Å². The summed E-state index contributed by atoms with van der Waals surface area (Å²) in [4.78, 5) is 11.8. The molecule has 0 amide bonds. The molecule has 0 aliphatic heterocycles. The van der Waals surface area contributed by atoms with Crippen LogP contribution in [0.4, 0.5) is 176 Å². The molecule has 2 nitrogen and oxygen atoms in total. The lowest BCUT2D eigenvalue weighted by Gasteiger charge is -2.48. The topological polar surface area (TPSA) is 26.3 Å². The number of ether oxygens (including phenoxy) is 1. The number of esters is 1. The summed E-state index contributed by atoms with van der Waals surface area (Å²) in [5, 5.41) is 0. The molecule has 0 bridgehead atoms. The monoisotopic (exact) mass is 1130 g/mol. The molecular weight excluding hydrogens is 1120 g/mol. The van der Waals surface area contributed by atoms with Crippen LogP contribution in [-0.4, -0.2) is 125 Å². The van der Waals surface area contributed by atoms with E-state index in [1.54, 1.807) is 0 Å². The Bertz CT molecular complexity index is 1880. The highest BCUT2D eigenvalue weighted by Crippen LogP contribution is 2.70. The van der Waals surface area contributed by atoms with Gasteiger partial charge in [0.2, 0.25) is 0 Å². The van der Waals surface area contributed by atoms with E-state index in [1.807, 2.05) is 0 Å². The molecule has 0 aliphatic carbocycles. The van der Waals surface area contributed by atoms with Gasteiger partial charge in [0, 0.05) is 5.57 Å². The highest BCUT2D eigenvalue weighted by molar-refractivity contribution is 5.87. The molecule has 2 unspecified atom stereocenters. The van der Waals surface area contributed by atoms with Crippen LogP contribution in [0.3, 0.4) is 0 Å². The van der Waals surface area contributed by atoms with Gasteiger partial charge in [0.15, 0.2) is 0 Å². The molecule has 0 spiro atoms. The lowest BCUT2D eigenvalue weighted by atomic mass is 9.75. The van der Waals surface area contributed by atoms with E-state index in [0.29, 0.717) is 0 Å². The Hall–Kier alpha value is -3.59. The standard InChI is InChI=1S/C27H12F40O2/c1-4-6(69-8(68)5(2)3)7(10(30,31)12(34,35)14(38,39)16(42,43)18(46,47)20(50,51)22(54,55)24(58,59)26(62,63)64)9(28,29)11(32,33)13(36,37)15(40,41)17(44,45)19(48,49)21(52,53)23(56,57)25(60,61)27(65,66)67/h6-7H,2,4H2,1,3H3. The first kappa shape index (κ1) is 65.4. The third-order valence-electron chi connectivity index (χ3n) is 8.84. The minimum atomic E-state index is -10.3. The van der Waals surface area contributed by atoms with Crippen LogP contribution in [0.15, 0.2) is 12.2 Å². The first-order chi connectivity index (χ1) is 29.2. The van der Waals surface area contributed by atoms with Crippen LogP contribution in [0, 0.1) is 5.92 Å². The zero-order valence-electron chi connectivity index (χ0n) is 31.0. The Morgan fingerprint density at radius 1 is 0.333 bits per heavy atom. The summed E-state index contributed by atoms with van der Waals surface area (Å²) in [7, 11) is 0. The van der Waals surface area contributed by atoms with Crippen molar-refractivity contribution in [3.63, 3.8) is 0 Å². The SMILES string of the molecule is C=C(C)C(=O)OC(CC)C(C(F)(F)C(F)(F)C(F)(F)C(F)(F)C(F)(F)C(F)(F)C(F)(F)C(F)(F)C(F)(F)F)C(F)(F)C(F)(F)C(F)(F)C(F)(F)C(F)(F)C(F)(F)C(F)(F)C(F)(F)C(F)(F)C(F)(F)F. The summed E-state index contributed by atoms with van der Waals surface area (Å²) in [6.45, 7) is 1.68. The van der Waals surface area contributed by atoms with Gasteiger partial charge in [0.25, 0.3) is 0 Å². The second-order valence-corrected chi connectivity index (χ2v) is 13.5. The summed E-state index contributed by atoms with van der Waals surface area (Å²) in [5.41, 5.74) is -1.78. The van der Waals surface area contributed by atoms with Gasteiger partial charge in [-0.05, 0) is 13.3 Å². The summed E-state index contributed by atoms with van der Waals surface area (Å²) < 4.78 is 560. The Balaban J connectivity index is 8.74. The van der Waals surface area contributed by atoms with Crippen molar-refractivity contribution >= 4 is 5.97 Å². The van der Waals surface area contributed by atoms with E-state index in [4.69, 9.17) is 0 Å². The molecule has 0 saturated heterocycles. The maximum atomic E-state index is 15.4. The number of halogens is 40. The summed E-state index contributed by atoms with van der Waals surface area (Å²) >= 11 is 0. The summed E-state index contributed by atoms with van der Waals surface area (Å²) in [6, 6.07) is 0. The predicted molar refractivity (Wildman–Crippen MR) is 135 cm³/mol. The van der Waals surface area contributed by atoms with E-state index < -0.39 is 150 Å². The van der Waals surface area contributed by atoms with Crippen LogP contribution in [0.2, 0.25) is 0 Å². The van der Waals surface area contributed by atoms with Crippen LogP contribution in [0.25, 0.3) is 0 Å². The fourth-order valence-corrected chi connectivity index (χ4v) is 4.65. The maximum absolute atomic E-state index is 15.4. The molecule has 0 saturated carbocycles. The number of rotatable bonds is 21. The molecule has 0 heterocycles. The maximum Gasteiger partial charge on any atom is 0.460 e. The van der Waals surface area contributed by atoms with Gasteiger partial charge < -0.3 is 4.74 Å². The second kappa shape index (κ2) is 16.7. The molecule has 0 radical (unpaired) electrons. The smallest absolute Gasteiger partial charge is 0.458 e. The van der Waals surface area contributed by atoms with Crippen molar-refractivity contribution in [1.29, 1.82) is 0 Å². The largest absolute Gasteiger partial charge is 0.460 e. The number of carbonyl (C=O) groups excluding carboxylic acids is 1. The quantitative estimate of drug-likeness (QED) is 0.0650. The third kappa shape index (κ3) is 8.15. The zero-order chi connectivity index (χ0) is 57.2. The van der Waals surface area contributed by atoms with Crippen molar-refractivity contribution in [2.24, 2.45) is 5.92 Å². The number of hydrogen-bond donors (Lipinski definition) is 0. The molecule has 0 aliphatic rings. The second-order valence-electron chi connectivity index (χ2n) is 13.5. The average molecular weight is 1130 g/mol. The Kier molecular flexibility index (Phi) is 15.9. The summed E-state index contributed by atoms with van der Waals surface area (Å²) in [6.07, 6.45) is -25.3. The molecule has 0 rings (SSSR count). The van der Waals surface area contributed by atoms with Crippen molar-refractivity contribution in [2.45, 2.75) is 139 Å². The minimum absolute atomic E-state index is 0.0283. The van der Waals surface area contributed by atoms with Gasteiger partial charge in [0.1, 0.15) is 12.0 Å². The highest BCUT2D eigenvalue weighted by Gasteiger charge is 3.01. The fraction of sp³-hybridized carbons (Fsp3) is 0.889. The van der Waals surface area contributed by atoms with Gasteiger partial charge in [-0.1, -0.05) is 13.5 Å². The molecule has 2 atom stereocenters. The van der Waals surface area contributed by atoms with E-state index in [-0.39, 0.29) is 6.92 Å². The van der Waals surface area contributed by atoms with Gasteiger partial charge in [0.05, 0.1) is 0 Å². The molecule has 0 aromatic carbocycles. The summed E-state index contributed by atoms with van der Waals surface area (Å²) in [5.74, 6) is -178. The van der Waals surface area contributed by atoms with E-state index in [0.717, 1.165) is 0 Å². The van der Waals surface area contributed by atoms with Crippen molar-refractivity contribution in [2.75, 3.05) is 0 Å². The average Bonchev–Trinajstić information content (AvgIpc) is 3.11. The predicted octanol–water partition coefficient (Wildman–Crippen LogP) is 14.4. The number of carbonyl (C=O) groups is 1. The van der Waals surface area contributed by atoms with Gasteiger partial charge >= 0.3 is 119 Å². The van der Waals surface area contributed by atoms with E-state index in [2.05, 4.69) is 11.3 Å². The Labute approximate surface area is 349 Å². The molecule has 42 heteroatoms. The fourth-order valence-electron chi connectivity index (χ4n) is 4.65. The van der Waals surface area contributed by atoms with Crippen LogP contribution < -0.4 is 0 Å². The lowest BCUT2D eigenvalue weighted by Crippen LogP contribution is -2.79. The van der Waals surface area contributed by atoms with Crippen LogP contribution in [-0.2, 0) is 9.53 Å². The zero-order valence-corrected chi connectivity index (χ0v) is 31.0. The number of alkyl halides is 40. The molecule has 69 heavy (non-hydrogen) atoms. The Morgan fingerprint density at radius 3 is 0.638 bits per heavy atom. The van der Waals surface area contributed by atoms with Crippen molar-refractivity contribution in [1.82, 2.24) is 0 Å². The molecule has 0 N–H and O–H groups in total. The van der Waals surface area contributed by atoms with Gasteiger partial charge in [-0.3, -0.25) is 0 Å². The van der Waals surface area contributed by atoms with E-state index in [1.165, 1.54) is 0 Å². The number of hydrogen-bond acceptors (Lipinski definition) is 2. The first-order valence-corrected chi connectivity index (χ1v) is 15.6. The Morgan fingerprint density at radius 2 is 0.493 bits per heavy atom. The van der Waals surface area contributed by atoms with Crippen molar-refractivity contribution in [3.05, 3.63) is 12.2 Å². The van der Waals surface area contributed by atoms with Crippen LogP contribution in [0.1, 0.15) is 20.3 Å². The third-order valence-corrected chi connectivity index (χ3v) is 8.84. The van der Waals surface area contributed by atoms with E-state index >= 15 is 17.6 Å². The van der Waals surface area contributed by atoms with Crippen LogP contribution >= 0.6 is 0 Å². The van der Waals surface area contributed by atoms with Crippen molar-refractivity contribution < 1.29 is 185 Å². The highest BCUT2D eigenvalue weighted by atomic mass is 19.5. The minimum Gasteiger partial charge on any atom is -0.458 e. The molecule has 0 fully saturated rings. The lowest BCUT2D eigenvalue weighted by molar-refractivity contribution is -0.483. The molecule has 412 valence electrons. The molecule has 0 aromatic heterocycles. The van der Waals surface area contributed by atoms with Gasteiger partial charge in [-0.25, -0.2) is 4.79 Å². The van der Waals surface area contributed by atoms with Gasteiger partial charge in [-0.15, -0.1) is 0 Å². The van der Waals surface area contributed by atoms with E-state index in [9.17, 15) is 163 Å². The molecule has 0 aromatic rings. The first-order valence-electron chi connectivity index (χ1n) is 15.6. The van der Waals surface area contributed by atoms with Crippen molar-refractivity contribution in [3.8, 4) is 0 Å². The van der Waals surface area contributed by atoms with Gasteiger partial charge in [-0.2, -0.15) is 176 Å².